The van der Waals surface area contributed by atoms with Crippen molar-refractivity contribution in [2.24, 2.45) is 0 Å². The van der Waals surface area contributed by atoms with Crippen LogP contribution in [0.3, 0.4) is 0 Å². The molecule has 2 aliphatic carbocycles. The summed E-state index contributed by atoms with van der Waals surface area (Å²) >= 11 is 0. The maximum atomic E-state index is 12.2. The van der Waals surface area contributed by atoms with Crippen LogP contribution < -0.4 is 0 Å². The van der Waals surface area contributed by atoms with Crippen molar-refractivity contribution < 1.29 is 24.2 Å². The van der Waals surface area contributed by atoms with Gasteiger partial charge in [0.05, 0.1) is 11.8 Å². The van der Waals surface area contributed by atoms with Crippen molar-refractivity contribution >= 4 is 11.8 Å². The van der Waals surface area contributed by atoms with Gasteiger partial charge in [-0.3, -0.25) is 4.79 Å². The lowest BCUT2D eigenvalue weighted by molar-refractivity contribution is 0.0658. The zero-order valence-electron chi connectivity index (χ0n) is 9.60. The molecule has 0 aromatic carbocycles. The van der Waals surface area contributed by atoms with Crippen LogP contribution >= 0.6 is 0 Å². The first-order valence-electron chi connectivity index (χ1n) is 5.90. The van der Waals surface area contributed by atoms with Gasteiger partial charge in [0.2, 0.25) is 5.76 Å². The molecule has 5 nitrogen and oxygen atoms in total. The molecule has 1 aromatic rings. The Morgan fingerprint density at radius 2 is 2.06 bits per heavy atom. The third kappa shape index (κ3) is 1.47. The van der Waals surface area contributed by atoms with Gasteiger partial charge >= 0.3 is 5.97 Å². The van der Waals surface area contributed by atoms with E-state index in [-0.39, 0.29) is 17.5 Å². The molecule has 3 rings (SSSR count). The fraction of sp³-hybridized carbons (Fsp3) is 0.385. The number of carbonyl (C=O) groups excluding carboxylic acids is 1. The molecule has 1 heterocycles. The van der Waals surface area contributed by atoms with E-state index >= 15 is 0 Å². The fourth-order valence-corrected chi connectivity index (χ4v) is 2.48. The van der Waals surface area contributed by atoms with Gasteiger partial charge in [-0.05, 0) is 25.2 Å². The minimum atomic E-state index is -1.13. The number of aryl methyl sites for hydroxylation is 1. The lowest BCUT2D eigenvalue weighted by atomic mass is 9.88. The first-order valence-corrected chi connectivity index (χ1v) is 5.90. The summed E-state index contributed by atoms with van der Waals surface area (Å²) in [5, 5.41) is 18.2. The van der Waals surface area contributed by atoms with Crippen molar-refractivity contribution in [3.05, 3.63) is 34.5 Å². The molecular weight excluding hydrogens is 236 g/mol. The van der Waals surface area contributed by atoms with Crippen molar-refractivity contribution in [1.82, 2.24) is 0 Å². The summed E-state index contributed by atoms with van der Waals surface area (Å²) in [4.78, 5) is 23.3. The number of Topliss-reactive ketones (excluding diaryl/α,β-unsaturated/α-hetero) is 1. The van der Waals surface area contributed by atoms with Crippen molar-refractivity contribution in [2.45, 2.75) is 31.6 Å². The number of aliphatic hydroxyl groups excluding tert-OH is 1. The van der Waals surface area contributed by atoms with E-state index in [1.807, 2.05) is 0 Å². The van der Waals surface area contributed by atoms with Gasteiger partial charge in [0, 0.05) is 17.6 Å². The molecule has 2 N–H and O–H groups in total. The van der Waals surface area contributed by atoms with E-state index in [4.69, 9.17) is 14.6 Å². The summed E-state index contributed by atoms with van der Waals surface area (Å²) in [6, 6.07) is 0. The second-order valence-electron chi connectivity index (χ2n) is 4.71. The lowest BCUT2D eigenvalue weighted by Gasteiger charge is -2.12. The summed E-state index contributed by atoms with van der Waals surface area (Å²) in [5.74, 6) is -0.962. The van der Waals surface area contributed by atoms with Gasteiger partial charge in [-0.15, -0.1) is 0 Å². The second-order valence-corrected chi connectivity index (χ2v) is 4.71. The Morgan fingerprint density at radius 3 is 2.61 bits per heavy atom. The summed E-state index contributed by atoms with van der Waals surface area (Å²) < 4.78 is 5.33. The highest BCUT2D eigenvalue weighted by Crippen LogP contribution is 2.47. The Kier molecular flexibility index (Phi) is 2.29. The minimum absolute atomic E-state index is 0.102. The van der Waals surface area contributed by atoms with Crippen LogP contribution in [0.5, 0.6) is 0 Å². The van der Waals surface area contributed by atoms with Crippen molar-refractivity contribution in [2.75, 3.05) is 0 Å². The smallest absolute Gasteiger partial charge is 0.372 e. The molecule has 1 fully saturated rings. The average Bonchev–Trinajstić information content (AvgIpc) is 3.10. The second kappa shape index (κ2) is 3.73. The number of rotatable bonds is 2. The molecule has 1 aromatic heterocycles. The SMILES string of the molecule is O=C(O)c1oc2c(c1C1CC1)C(=O)C(=CO)CC2. The highest BCUT2D eigenvalue weighted by Gasteiger charge is 2.40. The van der Waals surface area contributed by atoms with Crippen LogP contribution in [0.1, 0.15) is 57.4 Å². The number of fused-ring (bicyclic) bond motifs is 1. The van der Waals surface area contributed by atoms with Gasteiger partial charge in [-0.1, -0.05) is 0 Å². The van der Waals surface area contributed by atoms with Gasteiger partial charge in [0.25, 0.3) is 0 Å². The number of furan rings is 1. The number of hydrogen-bond acceptors (Lipinski definition) is 4. The standard InChI is InChI=1S/C13H12O5/c14-5-7-3-4-8-10(11(7)15)9(6-1-2-6)12(18-8)13(16)17/h5-6,14H,1-4H2,(H,16,17). The van der Waals surface area contributed by atoms with Crippen molar-refractivity contribution in [3.63, 3.8) is 0 Å². The molecule has 1 saturated carbocycles. The zero-order chi connectivity index (χ0) is 12.9. The highest BCUT2D eigenvalue weighted by molar-refractivity contribution is 6.12. The quantitative estimate of drug-likeness (QED) is 0.619. The highest BCUT2D eigenvalue weighted by atomic mass is 16.4. The Hall–Kier alpha value is -2.04. The maximum absolute atomic E-state index is 12.2. The van der Waals surface area contributed by atoms with E-state index in [0.717, 1.165) is 19.1 Å². The van der Waals surface area contributed by atoms with E-state index in [1.165, 1.54) is 0 Å². The molecule has 2 aliphatic rings. The Morgan fingerprint density at radius 1 is 1.33 bits per heavy atom. The third-order valence-electron chi connectivity index (χ3n) is 3.49. The summed E-state index contributed by atoms with van der Waals surface area (Å²) in [6.07, 6.45) is 3.43. The third-order valence-corrected chi connectivity index (χ3v) is 3.49. The number of carbonyl (C=O) groups is 2. The van der Waals surface area contributed by atoms with Crippen molar-refractivity contribution in [1.29, 1.82) is 0 Å². The number of carboxylic acids is 1. The first kappa shape index (κ1) is 11.1. The number of hydrogen-bond donors (Lipinski definition) is 2. The molecule has 94 valence electrons. The zero-order valence-corrected chi connectivity index (χ0v) is 9.60. The van der Waals surface area contributed by atoms with Crippen LogP contribution in [-0.4, -0.2) is 22.0 Å². The van der Waals surface area contributed by atoms with Crippen molar-refractivity contribution in [3.8, 4) is 0 Å². The average molecular weight is 248 g/mol. The minimum Gasteiger partial charge on any atom is -0.515 e. The number of allylic oxidation sites excluding steroid dienone is 1. The molecule has 0 radical (unpaired) electrons. The molecule has 0 aliphatic heterocycles. The number of carboxylic acid groups (broad SMARTS) is 1. The van der Waals surface area contributed by atoms with Crippen LogP contribution in [0.2, 0.25) is 0 Å². The van der Waals surface area contributed by atoms with Crippen LogP contribution in [0.4, 0.5) is 0 Å². The first-order chi connectivity index (χ1) is 8.63. The maximum Gasteiger partial charge on any atom is 0.372 e. The largest absolute Gasteiger partial charge is 0.515 e. The monoisotopic (exact) mass is 248 g/mol. The number of aliphatic hydroxyl groups is 1. The predicted octanol–water partition coefficient (Wildman–Crippen LogP) is 2.43. The van der Waals surface area contributed by atoms with Gasteiger partial charge in [0.1, 0.15) is 5.76 Å². The number of aromatic carboxylic acids is 1. The molecule has 18 heavy (non-hydrogen) atoms. The van der Waals surface area contributed by atoms with Gasteiger partial charge in [0.15, 0.2) is 5.78 Å². The van der Waals surface area contributed by atoms with Gasteiger partial charge in [-0.25, -0.2) is 4.79 Å². The predicted molar refractivity (Wildman–Crippen MR) is 61.0 cm³/mol. The summed E-state index contributed by atoms with van der Waals surface area (Å²) in [7, 11) is 0. The van der Waals surface area contributed by atoms with Gasteiger partial charge in [-0.2, -0.15) is 0 Å². The summed E-state index contributed by atoms with van der Waals surface area (Å²) in [6.45, 7) is 0. The molecule has 0 amide bonds. The van der Waals surface area contributed by atoms with Crippen LogP contribution in [-0.2, 0) is 6.42 Å². The Balaban J connectivity index is 2.20. The fourth-order valence-electron chi connectivity index (χ4n) is 2.48. The molecule has 5 heteroatoms. The molecule has 0 saturated heterocycles. The number of ketones is 1. The Labute approximate surface area is 103 Å². The molecule has 0 bridgehead atoms. The van der Waals surface area contributed by atoms with E-state index in [1.54, 1.807) is 0 Å². The van der Waals surface area contributed by atoms with Gasteiger partial charge < -0.3 is 14.6 Å². The molecule has 0 atom stereocenters. The van der Waals surface area contributed by atoms with Crippen LogP contribution in [0, 0.1) is 0 Å². The van der Waals surface area contributed by atoms with E-state index in [2.05, 4.69) is 0 Å². The van der Waals surface area contributed by atoms with Crippen LogP contribution in [0.15, 0.2) is 16.3 Å². The molecule has 0 unspecified atom stereocenters. The Bertz CT molecular complexity index is 574. The van der Waals surface area contributed by atoms with E-state index in [9.17, 15) is 9.59 Å². The molecule has 0 spiro atoms. The van der Waals surface area contributed by atoms with Crippen LogP contribution in [0.25, 0.3) is 0 Å². The topological polar surface area (TPSA) is 87.7 Å². The summed E-state index contributed by atoms with van der Waals surface area (Å²) in [5.41, 5.74) is 1.23. The normalized spacial score (nSPS) is 21.1. The lowest BCUT2D eigenvalue weighted by Crippen LogP contribution is -2.14. The van der Waals surface area contributed by atoms with E-state index < -0.39 is 5.97 Å². The molecular formula is C13H12O5. The van der Waals surface area contributed by atoms with E-state index in [0.29, 0.717) is 35.3 Å².